The Labute approximate surface area is 94.7 Å². The standard InChI is InChI=1S/C10H21NO5/c1-2-3-4-11-6(5-12)7(13)8(14)9(15)10(11)16/h6-10,12-16H,2-5H2,1H3/t6-,7-,8+,9-,10?/m1/s1. The SMILES string of the molecule is CCCCN1C(O)[C@H](O)[C@@H](O)[C@H](O)[C@H]1CO. The Morgan fingerprint density at radius 2 is 1.62 bits per heavy atom. The molecule has 1 saturated heterocycles. The Kier molecular flexibility index (Phi) is 5.10. The van der Waals surface area contributed by atoms with Crippen LogP contribution in [0.5, 0.6) is 0 Å². The van der Waals surface area contributed by atoms with Gasteiger partial charge in [0.2, 0.25) is 0 Å². The van der Waals surface area contributed by atoms with E-state index in [0.717, 1.165) is 12.8 Å². The first kappa shape index (κ1) is 13.8. The third-order valence-corrected chi connectivity index (χ3v) is 3.12. The third-order valence-electron chi connectivity index (χ3n) is 3.12. The Morgan fingerprint density at radius 3 is 2.12 bits per heavy atom. The Hall–Kier alpha value is -0.240. The summed E-state index contributed by atoms with van der Waals surface area (Å²) in [5.74, 6) is 0. The summed E-state index contributed by atoms with van der Waals surface area (Å²) < 4.78 is 0. The first-order valence-corrected chi connectivity index (χ1v) is 5.63. The van der Waals surface area contributed by atoms with Crippen LogP contribution in [0, 0.1) is 0 Å². The van der Waals surface area contributed by atoms with E-state index in [1.54, 1.807) is 0 Å². The quantitative estimate of drug-likeness (QED) is 0.381. The van der Waals surface area contributed by atoms with E-state index >= 15 is 0 Å². The number of rotatable bonds is 4. The van der Waals surface area contributed by atoms with Gasteiger partial charge in [0, 0.05) is 6.54 Å². The molecule has 5 atom stereocenters. The van der Waals surface area contributed by atoms with Gasteiger partial charge >= 0.3 is 0 Å². The highest BCUT2D eigenvalue weighted by molar-refractivity contribution is 4.96. The van der Waals surface area contributed by atoms with Gasteiger partial charge in [-0.25, -0.2) is 0 Å². The van der Waals surface area contributed by atoms with E-state index in [4.69, 9.17) is 5.11 Å². The number of hydrogen-bond acceptors (Lipinski definition) is 6. The van der Waals surface area contributed by atoms with Crippen LogP contribution < -0.4 is 0 Å². The Morgan fingerprint density at radius 1 is 1.00 bits per heavy atom. The van der Waals surface area contributed by atoms with Gasteiger partial charge in [0.15, 0.2) is 0 Å². The van der Waals surface area contributed by atoms with Crippen LogP contribution in [0.1, 0.15) is 19.8 Å². The van der Waals surface area contributed by atoms with Gasteiger partial charge in [-0.1, -0.05) is 13.3 Å². The average Bonchev–Trinajstić information content (AvgIpc) is 2.29. The van der Waals surface area contributed by atoms with Gasteiger partial charge < -0.3 is 25.5 Å². The van der Waals surface area contributed by atoms with E-state index in [2.05, 4.69) is 0 Å². The van der Waals surface area contributed by atoms with Crippen LogP contribution in [-0.4, -0.2) is 74.2 Å². The lowest BCUT2D eigenvalue weighted by atomic mass is 9.92. The molecule has 1 rings (SSSR count). The van der Waals surface area contributed by atoms with Gasteiger partial charge in [-0.3, -0.25) is 4.90 Å². The molecule has 0 bridgehead atoms. The number of unbranched alkanes of at least 4 members (excludes halogenated alkanes) is 1. The first-order chi connectivity index (χ1) is 7.54. The second-order valence-corrected chi connectivity index (χ2v) is 4.23. The highest BCUT2D eigenvalue weighted by Crippen LogP contribution is 2.23. The molecule has 0 aromatic carbocycles. The molecule has 0 aliphatic carbocycles. The van der Waals surface area contributed by atoms with Gasteiger partial charge in [0.05, 0.1) is 12.6 Å². The van der Waals surface area contributed by atoms with Crippen molar-refractivity contribution >= 4 is 0 Å². The summed E-state index contributed by atoms with van der Waals surface area (Å²) in [6, 6.07) is -0.736. The molecule has 96 valence electrons. The molecule has 16 heavy (non-hydrogen) atoms. The molecule has 0 aromatic rings. The minimum Gasteiger partial charge on any atom is -0.395 e. The lowest BCUT2D eigenvalue weighted by Crippen LogP contribution is -2.67. The number of likely N-dealkylation sites (tertiary alicyclic amines) is 1. The summed E-state index contributed by atoms with van der Waals surface area (Å²) in [6.45, 7) is 2.07. The average molecular weight is 235 g/mol. The van der Waals surface area contributed by atoms with Crippen LogP contribution in [0.4, 0.5) is 0 Å². The zero-order valence-electron chi connectivity index (χ0n) is 9.40. The van der Waals surface area contributed by atoms with E-state index < -0.39 is 30.6 Å². The Bertz CT molecular complexity index is 215. The summed E-state index contributed by atoms with van der Waals surface area (Å²) in [6.07, 6.45) is -3.65. The summed E-state index contributed by atoms with van der Waals surface area (Å²) >= 11 is 0. The fourth-order valence-corrected chi connectivity index (χ4v) is 2.05. The van der Waals surface area contributed by atoms with Crippen LogP contribution >= 0.6 is 0 Å². The second kappa shape index (κ2) is 5.90. The molecular weight excluding hydrogens is 214 g/mol. The van der Waals surface area contributed by atoms with Crippen LogP contribution in [0.15, 0.2) is 0 Å². The van der Waals surface area contributed by atoms with Crippen LogP contribution in [0.2, 0.25) is 0 Å². The fraction of sp³-hybridized carbons (Fsp3) is 1.00. The van der Waals surface area contributed by atoms with Gasteiger partial charge in [-0.15, -0.1) is 0 Å². The monoisotopic (exact) mass is 235 g/mol. The molecule has 0 saturated carbocycles. The van der Waals surface area contributed by atoms with E-state index in [0.29, 0.717) is 6.54 Å². The maximum Gasteiger partial charge on any atom is 0.136 e. The van der Waals surface area contributed by atoms with E-state index in [1.165, 1.54) is 4.90 Å². The number of aliphatic hydroxyl groups excluding tert-OH is 5. The zero-order chi connectivity index (χ0) is 12.3. The molecule has 1 unspecified atom stereocenters. The molecule has 0 spiro atoms. The van der Waals surface area contributed by atoms with Crippen molar-refractivity contribution in [3.8, 4) is 0 Å². The van der Waals surface area contributed by atoms with Crippen LogP contribution in [-0.2, 0) is 0 Å². The molecule has 1 fully saturated rings. The van der Waals surface area contributed by atoms with E-state index in [1.807, 2.05) is 6.92 Å². The minimum atomic E-state index is -1.43. The zero-order valence-corrected chi connectivity index (χ0v) is 9.40. The van der Waals surface area contributed by atoms with Crippen LogP contribution in [0.3, 0.4) is 0 Å². The second-order valence-electron chi connectivity index (χ2n) is 4.23. The van der Waals surface area contributed by atoms with Gasteiger partial charge in [0.1, 0.15) is 24.5 Å². The summed E-state index contributed by atoms with van der Waals surface area (Å²) in [4.78, 5) is 1.44. The lowest BCUT2D eigenvalue weighted by Gasteiger charge is -2.46. The maximum atomic E-state index is 9.75. The van der Waals surface area contributed by atoms with Crippen molar-refractivity contribution in [1.29, 1.82) is 0 Å². The molecule has 1 aliphatic rings. The smallest absolute Gasteiger partial charge is 0.136 e. The van der Waals surface area contributed by atoms with Crippen molar-refractivity contribution in [1.82, 2.24) is 4.90 Å². The fourth-order valence-electron chi connectivity index (χ4n) is 2.05. The van der Waals surface area contributed by atoms with Gasteiger partial charge in [0.25, 0.3) is 0 Å². The molecule has 0 aromatic heterocycles. The maximum absolute atomic E-state index is 9.75. The molecule has 1 aliphatic heterocycles. The molecule has 6 heteroatoms. The van der Waals surface area contributed by atoms with Crippen LogP contribution in [0.25, 0.3) is 0 Å². The normalized spacial score (nSPS) is 41.2. The predicted molar refractivity (Wildman–Crippen MR) is 56.5 cm³/mol. The highest BCUT2D eigenvalue weighted by atomic mass is 16.4. The van der Waals surface area contributed by atoms with Gasteiger partial charge in [-0.05, 0) is 6.42 Å². The number of nitrogens with zero attached hydrogens (tertiary/aromatic N) is 1. The lowest BCUT2D eigenvalue weighted by molar-refractivity contribution is -0.222. The molecule has 0 amide bonds. The van der Waals surface area contributed by atoms with Crippen molar-refractivity contribution < 1.29 is 25.5 Å². The molecular formula is C10H21NO5. The summed E-state index contributed by atoms with van der Waals surface area (Å²) in [7, 11) is 0. The highest BCUT2D eigenvalue weighted by Gasteiger charge is 2.46. The van der Waals surface area contributed by atoms with Crippen molar-refractivity contribution in [3.63, 3.8) is 0 Å². The van der Waals surface area contributed by atoms with Gasteiger partial charge in [-0.2, -0.15) is 0 Å². The minimum absolute atomic E-state index is 0.369. The van der Waals surface area contributed by atoms with E-state index in [-0.39, 0.29) is 6.61 Å². The van der Waals surface area contributed by atoms with Crippen molar-refractivity contribution in [2.75, 3.05) is 13.2 Å². The number of piperidine rings is 1. The molecule has 5 N–H and O–H groups in total. The third kappa shape index (κ3) is 2.53. The van der Waals surface area contributed by atoms with Crippen molar-refractivity contribution in [3.05, 3.63) is 0 Å². The number of hydrogen-bond donors (Lipinski definition) is 5. The summed E-state index contributed by atoms with van der Waals surface area (Å²) in [5.41, 5.74) is 0. The largest absolute Gasteiger partial charge is 0.395 e. The molecule has 6 nitrogen and oxygen atoms in total. The summed E-state index contributed by atoms with van der Waals surface area (Å²) in [5, 5.41) is 47.5. The predicted octanol–water partition coefficient (Wildman–Crippen LogP) is -2.14. The number of aliphatic hydroxyl groups is 5. The van der Waals surface area contributed by atoms with Crippen molar-refractivity contribution in [2.45, 2.75) is 50.3 Å². The van der Waals surface area contributed by atoms with Crippen molar-refractivity contribution in [2.24, 2.45) is 0 Å². The topological polar surface area (TPSA) is 104 Å². The molecule has 0 radical (unpaired) electrons. The Balaban J connectivity index is 2.76. The molecule has 1 heterocycles. The first-order valence-electron chi connectivity index (χ1n) is 5.63. The van der Waals surface area contributed by atoms with E-state index in [9.17, 15) is 20.4 Å².